The van der Waals surface area contributed by atoms with Gasteiger partial charge in [-0.2, -0.15) is 0 Å². The lowest BCUT2D eigenvalue weighted by atomic mass is 9.70. The maximum atomic E-state index is 13.4. The highest BCUT2D eigenvalue weighted by molar-refractivity contribution is 6.33. The first kappa shape index (κ1) is 21.2. The first-order valence-corrected chi connectivity index (χ1v) is 11.7. The zero-order chi connectivity index (χ0) is 22.6. The van der Waals surface area contributed by atoms with Gasteiger partial charge in [-0.3, -0.25) is 14.3 Å². The quantitative estimate of drug-likeness (QED) is 0.543. The summed E-state index contributed by atoms with van der Waals surface area (Å²) in [7, 11) is 0. The normalized spacial score (nSPS) is 19.4. The number of pyridine rings is 1. The Morgan fingerprint density at radius 3 is 2.56 bits per heavy atom. The maximum Gasteiger partial charge on any atom is 0.263 e. The van der Waals surface area contributed by atoms with Gasteiger partial charge < -0.3 is 4.90 Å². The number of hydrogen-bond donors (Lipinski definition) is 0. The molecule has 1 saturated heterocycles. The Kier molecular flexibility index (Phi) is 5.12. The molecular formula is C26H29ClN4O. The third kappa shape index (κ3) is 3.17. The Hall–Kier alpha value is -2.66. The molecule has 3 heterocycles. The van der Waals surface area contributed by atoms with Crippen LogP contribution >= 0.6 is 11.6 Å². The summed E-state index contributed by atoms with van der Waals surface area (Å²) in [5, 5.41) is 0.593. The highest BCUT2D eigenvalue weighted by Crippen LogP contribution is 2.52. The Bertz CT molecular complexity index is 1260. The topological polar surface area (TPSA) is 51.0 Å². The van der Waals surface area contributed by atoms with E-state index >= 15 is 0 Å². The van der Waals surface area contributed by atoms with E-state index in [0.29, 0.717) is 28.0 Å². The van der Waals surface area contributed by atoms with Gasteiger partial charge in [0, 0.05) is 25.0 Å². The van der Waals surface area contributed by atoms with E-state index in [1.807, 2.05) is 45.2 Å². The summed E-state index contributed by atoms with van der Waals surface area (Å²) in [6.45, 7) is 9.87. The monoisotopic (exact) mass is 448 g/mol. The first-order valence-electron chi connectivity index (χ1n) is 11.4. The molecule has 2 aliphatic rings. The molecule has 1 aliphatic carbocycles. The molecule has 0 saturated carbocycles. The van der Waals surface area contributed by atoms with E-state index in [0.717, 1.165) is 43.7 Å². The number of anilines is 1. The third-order valence-electron chi connectivity index (χ3n) is 7.75. The lowest BCUT2D eigenvalue weighted by molar-refractivity contribution is 0.193. The molecular weight excluding hydrogens is 420 g/mol. The van der Waals surface area contributed by atoms with E-state index in [2.05, 4.69) is 28.9 Å². The van der Waals surface area contributed by atoms with Crippen LogP contribution in [0.25, 0.3) is 5.69 Å². The maximum absolute atomic E-state index is 13.4. The predicted molar refractivity (Wildman–Crippen MR) is 129 cm³/mol. The van der Waals surface area contributed by atoms with Crippen molar-refractivity contribution in [3.8, 4) is 5.69 Å². The van der Waals surface area contributed by atoms with Gasteiger partial charge in [-0.15, -0.1) is 0 Å². The van der Waals surface area contributed by atoms with Crippen LogP contribution in [0.2, 0.25) is 5.02 Å². The first-order chi connectivity index (χ1) is 15.3. The van der Waals surface area contributed by atoms with Crippen LogP contribution in [-0.4, -0.2) is 27.6 Å². The number of benzene rings is 1. The molecule has 3 aromatic rings. The third-order valence-corrected chi connectivity index (χ3v) is 8.24. The van der Waals surface area contributed by atoms with Gasteiger partial charge in [0.25, 0.3) is 5.56 Å². The number of fused-ring (bicyclic) bond motifs is 1. The van der Waals surface area contributed by atoms with Crippen LogP contribution in [0.3, 0.4) is 0 Å². The summed E-state index contributed by atoms with van der Waals surface area (Å²) >= 11 is 6.53. The molecule has 1 aliphatic heterocycles. The van der Waals surface area contributed by atoms with Gasteiger partial charge in [-0.1, -0.05) is 36.7 Å². The average Bonchev–Trinajstić information content (AvgIpc) is 3.06. The van der Waals surface area contributed by atoms with Crippen molar-refractivity contribution in [2.45, 2.75) is 52.9 Å². The van der Waals surface area contributed by atoms with Crippen molar-refractivity contribution in [1.82, 2.24) is 14.5 Å². The number of aryl methyl sites for hydroxylation is 2. The molecule has 32 heavy (non-hydrogen) atoms. The van der Waals surface area contributed by atoms with E-state index in [-0.39, 0.29) is 11.0 Å². The number of piperidine rings is 1. The second-order valence-corrected chi connectivity index (χ2v) is 9.82. The Morgan fingerprint density at radius 1 is 1.09 bits per heavy atom. The number of aromatic nitrogens is 3. The van der Waals surface area contributed by atoms with Crippen LogP contribution in [0.4, 0.5) is 5.82 Å². The highest BCUT2D eigenvalue weighted by atomic mass is 35.5. The molecule has 0 amide bonds. The van der Waals surface area contributed by atoms with Crippen LogP contribution in [0, 0.1) is 26.2 Å². The fourth-order valence-electron chi connectivity index (χ4n) is 5.68. The second kappa shape index (κ2) is 7.73. The summed E-state index contributed by atoms with van der Waals surface area (Å²) in [4.78, 5) is 25.2. The van der Waals surface area contributed by atoms with Crippen molar-refractivity contribution < 1.29 is 0 Å². The molecule has 0 unspecified atom stereocenters. The van der Waals surface area contributed by atoms with Crippen LogP contribution in [0.1, 0.15) is 53.9 Å². The minimum Gasteiger partial charge on any atom is -0.356 e. The summed E-state index contributed by atoms with van der Waals surface area (Å²) in [6.07, 6.45) is 5.12. The van der Waals surface area contributed by atoms with Crippen molar-refractivity contribution in [2.75, 3.05) is 18.0 Å². The fourth-order valence-corrected chi connectivity index (χ4v) is 5.89. The smallest absolute Gasteiger partial charge is 0.263 e. The molecule has 6 heteroatoms. The Labute approximate surface area is 194 Å². The van der Waals surface area contributed by atoms with E-state index in [4.69, 9.17) is 16.6 Å². The molecule has 1 spiro atoms. The van der Waals surface area contributed by atoms with Crippen LogP contribution in [-0.2, 0) is 6.42 Å². The molecule has 2 aromatic heterocycles. The van der Waals surface area contributed by atoms with Crippen molar-refractivity contribution in [3.63, 3.8) is 0 Å². The predicted octanol–water partition coefficient (Wildman–Crippen LogP) is 5.15. The lowest BCUT2D eigenvalue weighted by Gasteiger charge is -2.43. The summed E-state index contributed by atoms with van der Waals surface area (Å²) in [5.74, 6) is 1.98. The van der Waals surface area contributed by atoms with Gasteiger partial charge in [-0.25, -0.2) is 4.98 Å². The van der Waals surface area contributed by atoms with Gasteiger partial charge in [0.2, 0.25) is 0 Å². The van der Waals surface area contributed by atoms with E-state index < -0.39 is 0 Å². The van der Waals surface area contributed by atoms with E-state index in [1.165, 1.54) is 11.3 Å². The van der Waals surface area contributed by atoms with Crippen LogP contribution in [0.5, 0.6) is 0 Å². The van der Waals surface area contributed by atoms with Crippen LogP contribution in [0.15, 0.2) is 41.3 Å². The largest absolute Gasteiger partial charge is 0.356 e. The van der Waals surface area contributed by atoms with Crippen molar-refractivity contribution >= 4 is 17.4 Å². The highest BCUT2D eigenvalue weighted by Gasteiger charge is 2.46. The molecule has 1 atom stereocenters. The van der Waals surface area contributed by atoms with Crippen molar-refractivity contribution in [1.29, 1.82) is 0 Å². The van der Waals surface area contributed by atoms with E-state index in [1.54, 1.807) is 4.57 Å². The standard InChI is InChI=1S/C26H29ClN4O/c1-16-7-5-9-22(23(16)27)31-19(4)29-24(17(2)25(31)32)30-13-10-26(11-14-30)15-21-20(18(26)3)8-6-12-28-21/h5-9,12,18H,10-11,13-15H2,1-4H3/t18-/m0/s1. The summed E-state index contributed by atoms with van der Waals surface area (Å²) in [5.41, 5.74) is 5.19. The molecule has 1 aromatic carbocycles. The van der Waals surface area contributed by atoms with Crippen molar-refractivity contribution in [3.05, 3.63) is 80.1 Å². The van der Waals surface area contributed by atoms with Gasteiger partial charge >= 0.3 is 0 Å². The Balaban J connectivity index is 1.44. The minimum atomic E-state index is -0.0499. The number of hydrogen-bond acceptors (Lipinski definition) is 4. The van der Waals surface area contributed by atoms with Crippen LogP contribution < -0.4 is 10.5 Å². The molecule has 0 N–H and O–H groups in total. The SMILES string of the molecule is Cc1cccc(-n2c(C)nc(N3CCC4(CC3)Cc3ncccc3[C@@H]4C)c(C)c2=O)c1Cl. The second-order valence-electron chi connectivity index (χ2n) is 9.44. The zero-order valence-corrected chi connectivity index (χ0v) is 19.9. The van der Waals surface area contributed by atoms with Gasteiger partial charge in [0.05, 0.1) is 16.3 Å². The summed E-state index contributed by atoms with van der Waals surface area (Å²) < 4.78 is 1.64. The average molecular weight is 449 g/mol. The van der Waals surface area contributed by atoms with Gasteiger partial charge in [0.1, 0.15) is 11.6 Å². The number of halogens is 1. The lowest BCUT2D eigenvalue weighted by Crippen LogP contribution is -2.43. The minimum absolute atomic E-state index is 0.0499. The van der Waals surface area contributed by atoms with Gasteiger partial charge in [-0.05, 0) is 74.6 Å². The zero-order valence-electron chi connectivity index (χ0n) is 19.2. The molecule has 0 bridgehead atoms. The summed E-state index contributed by atoms with van der Waals surface area (Å²) in [6, 6.07) is 10.0. The Morgan fingerprint density at radius 2 is 1.84 bits per heavy atom. The molecule has 0 radical (unpaired) electrons. The van der Waals surface area contributed by atoms with Crippen molar-refractivity contribution in [2.24, 2.45) is 5.41 Å². The number of nitrogens with zero attached hydrogens (tertiary/aromatic N) is 4. The number of rotatable bonds is 2. The molecule has 5 nitrogen and oxygen atoms in total. The molecule has 166 valence electrons. The molecule has 5 rings (SSSR count). The van der Waals surface area contributed by atoms with Gasteiger partial charge in [0.15, 0.2) is 0 Å². The fraction of sp³-hybridized carbons (Fsp3) is 0.423. The van der Waals surface area contributed by atoms with E-state index in [9.17, 15) is 4.79 Å². The molecule has 1 fully saturated rings.